The first-order valence-electron chi connectivity index (χ1n) is 13.6. The summed E-state index contributed by atoms with van der Waals surface area (Å²) in [5.74, 6) is -5.51. The van der Waals surface area contributed by atoms with Gasteiger partial charge in [0.25, 0.3) is 11.5 Å². The third-order valence-corrected chi connectivity index (χ3v) is 8.35. The summed E-state index contributed by atoms with van der Waals surface area (Å²) in [6.45, 7) is -1.93. The lowest BCUT2D eigenvalue weighted by molar-refractivity contribution is -0.223. The number of alkyl halides is 2. The number of amides is 2. The number of carbonyl (C=O) groups excluding carboxylic acids is 1. The van der Waals surface area contributed by atoms with Crippen molar-refractivity contribution in [2.45, 2.75) is 36.8 Å². The van der Waals surface area contributed by atoms with E-state index in [2.05, 4.69) is 4.98 Å². The van der Waals surface area contributed by atoms with Gasteiger partial charge in [-0.05, 0) is 36.2 Å². The molecular formula is C29H30ClF2N5O6. The second-order valence-electron chi connectivity index (χ2n) is 10.8. The zero-order valence-corrected chi connectivity index (χ0v) is 23.7. The molecule has 3 atom stereocenters. The van der Waals surface area contributed by atoms with Gasteiger partial charge in [0.05, 0.1) is 13.1 Å². The number of carbonyl (C=O) groups is 2. The monoisotopic (exact) mass is 617 g/mol. The average molecular weight is 618 g/mol. The van der Waals surface area contributed by atoms with Crippen LogP contribution in [0.5, 0.6) is 11.6 Å². The van der Waals surface area contributed by atoms with Crippen molar-refractivity contribution in [2.24, 2.45) is 5.92 Å². The van der Waals surface area contributed by atoms with Crippen LogP contribution < -0.4 is 16.0 Å². The van der Waals surface area contributed by atoms with Crippen molar-refractivity contribution in [2.75, 3.05) is 31.9 Å². The number of ether oxygens (including phenoxy) is 1. The number of anilines is 1. The summed E-state index contributed by atoms with van der Waals surface area (Å²) in [6, 6.07) is 15.1. The molecule has 11 nitrogen and oxygen atoms in total. The molecule has 2 amide bonds. The SMILES string of the molecule is Nc1c(Oc2ccc(Cl)cc2)ncn(C[C@@]2(O)CCN(C(=O)[C@@H]3CCN(C(=O)O)C[C@H]3c3ccccc3)CC2(F)F)c1=O. The molecule has 0 saturated carbocycles. The summed E-state index contributed by atoms with van der Waals surface area (Å²) >= 11 is 5.86. The van der Waals surface area contributed by atoms with E-state index in [0.717, 1.165) is 21.4 Å². The van der Waals surface area contributed by atoms with E-state index < -0.39 is 66.1 Å². The topological polar surface area (TPSA) is 151 Å². The predicted molar refractivity (Wildman–Crippen MR) is 152 cm³/mol. The molecule has 0 bridgehead atoms. The number of benzene rings is 2. The van der Waals surface area contributed by atoms with E-state index in [4.69, 9.17) is 22.1 Å². The number of nitrogen functional groups attached to an aromatic ring is 1. The third-order valence-electron chi connectivity index (χ3n) is 8.10. The van der Waals surface area contributed by atoms with Gasteiger partial charge in [0.1, 0.15) is 17.7 Å². The number of likely N-dealkylation sites (tertiary alicyclic amines) is 2. The number of aliphatic hydroxyl groups is 1. The normalized spacial score (nSPS) is 23.5. The molecule has 0 spiro atoms. The Balaban J connectivity index is 1.31. The molecule has 2 aromatic carbocycles. The van der Waals surface area contributed by atoms with Crippen LogP contribution >= 0.6 is 11.6 Å². The number of hydrogen-bond donors (Lipinski definition) is 3. The Morgan fingerprint density at radius 3 is 2.44 bits per heavy atom. The Morgan fingerprint density at radius 1 is 1.09 bits per heavy atom. The van der Waals surface area contributed by atoms with Crippen molar-refractivity contribution in [3.63, 3.8) is 0 Å². The summed E-state index contributed by atoms with van der Waals surface area (Å²) in [7, 11) is 0. The van der Waals surface area contributed by atoms with Crippen LogP contribution in [0.1, 0.15) is 24.3 Å². The Morgan fingerprint density at radius 2 is 1.79 bits per heavy atom. The number of carboxylic acid groups (broad SMARTS) is 1. The highest BCUT2D eigenvalue weighted by atomic mass is 35.5. The van der Waals surface area contributed by atoms with Gasteiger partial charge in [-0.15, -0.1) is 0 Å². The highest BCUT2D eigenvalue weighted by Gasteiger charge is 2.57. The van der Waals surface area contributed by atoms with Gasteiger partial charge in [0, 0.05) is 42.9 Å². The lowest BCUT2D eigenvalue weighted by Crippen LogP contribution is -2.64. The third kappa shape index (κ3) is 6.13. The molecule has 1 aromatic heterocycles. The minimum atomic E-state index is -3.79. The first-order valence-corrected chi connectivity index (χ1v) is 14.0. The van der Waals surface area contributed by atoms with Crippen LogP contribution in [0.4, 0.5) is 19.3 Å². The standard InChI is InChI=1S/C29H30ClF2N5O6/c30-19-6-8-20(9-7-19)43-24-23(33)26(39)37(17-34-24)15-28(42)11-13-36(16-29(28,31)32)25(38)21-10-12-35(27(40)41)14-22(21)18-4-2-1-3-5-18/h1-9,17,21-22,42H,10-16,33H2,(H,40,41)/t21-,22+,28+/m1/s1. The van der Waals surface area contributed by atoms with Gasteiger partial charge in [0.2, 0.25) is 11.8 Å². The summed E-state index contributed by atoms with van der Waals surface area (Å²) in [6.07, 6.45) is -0.500. The maximum Gasteiger partial charge on any atom is 0.407 e. The van der Waals surface area contributed by atoms with E-state index in [1.165, 1.54) is 17.0 Å². The van der Waals surface area contributed by atoms with Gasteiger partial charge in [-0.3, -0.25) is 14.2 Å². The second-order valence-corrected chi connectivity index (χ2v) is 11.3. The Hall–Kier alpha value is -4.23. The Bertz CT molecular complexity index is 1560. The number of nitrogens with two attached hydrogens (primary N) is 1. The maximum absolute atomic E-state index is 15.6. The molecule has 5 rings (SSSR count). The zero-order chi connectivity index (χ0) is 30.9. The number of halogens is 3. The second kappa shape index (κ2) is 11.8. The lowest BCUT2D eigenvalue weighted by atomic mass is 9.79. The smallest absolute Gasteiger partial charge is 0.407 e. The van der Waals surface area contributed by atoms with Crippen LogP contribution in [0.15, 0.2) is 65.7 Å². The Kier molecular flexibility index (Phi) is 8.30. The molecule has 2 fully saturated rings. The van der Waals surface area contributed by atoms with Crippen LogP contribution in [0.2, 0.25) is 5.02 Å². The molecule has 2 saturated heterocycles. The number of hydrogen-bond acceptors (Lipinski definition) is 7. The molecule has 2 aliphatic heterocycles. The number of rotatable bonds is 6. The molecular weight excluding hydrogens is 588 g/mol. The van der Waals surface area contributed by atoms with E-state index in [1.807, 2.05) is 0 Å². The molecule has 2 aliphatic rings. The minimum absolute atomic E-state index is 0.0546. The first kappa shape index (κ1) is 30.2. The summed E-state index contributed by atoms with van der Waals surface area (Å²) < 4.78 is 37.5. The van der Waals surface area contributed by atoms with Crippen molar-refractivity contribution in [1.29, 1.82) is 0 Å². The fourth-order valence-electron chi connectivity index (χ4n) is 5.63. The molecule has 0 radical (unpaired) electrons. The summed E-state index contributed by atoms with van der Waals surface area (Å²) in [4.78, 5) is 44.4. The van der Waals surface area contributed by atoms with Gasteiger partial charge >= 0.3 is 6.09 Å². The molecule has 3 aromatic rings. The van der Waals surface area contributed by atoms with Crippen molar-refractivity contribution in [1.82, 2.24) is 19.4 Å². The fraction of sp³-hybridized carbons (Fsp3) is 0.379. The molecule has 3 heterocycles. The number of piperidine rings is 2. The maximum atomic E-state index is 15.6. The highest BCUT2D eigenvalue weighted by molar-refractivity contribution is 6.30. The van der Waals surface area contributed by atoms with Crippen molar-refractivity contribution >= 4 is 29.3 Å². The fourth-order valence-corrected chi connectivity index (χ4v) is 5.75. The van der Waals surface area contributed by atoms with Gasteiger partial charge in [-0.1, -0.05) is 41.9 Å². The first-order chi connectivity index (χ1) is 20.4. The molecule has 228 valence electrons. The van der Waals surface area contributed by atoms with Crippen LogP contribution in [0.25, 0.3) is 0 Å². The van der Waals surface area contributed by atoms with E-state index in [0.29, 0.717) is 10.8 Å². The predicted octanol–water partition coefficient (Wildman–Crippen LogP) is 3.65. The van der Waals surface area contributed by atoms with Crippen molar-refractivity contribution in [3.8, 4) is 11.6 Å². The number of nitrogens with zero attached hydrogens (tertiary/aromatic N) is 4. The Labute approximate surface area is 250 Å². The summed E-state index contributed by atoms with van der Waals surface area (Å²) in [5.41, 5.74) is 2.65. The van der Waals surface area contributed by atoms with Crippen LogP contribution in [-0.2, 0) is 11.3 Å². The van der Waals surface area contributed by atoms with Crippen LogP contribution in [-0.4, -0.2) is 79.3 Å². The minimum Gasteiger partial charge on any atom is -0.465 e. The highest BCUT2D eigenvalue weighted by Crippen LogP contribution is 2.40. The number of aromatic nitrogens is 2. The zero-order valence-electron chi connectivity index (χ0n) is 22.9. The van der Waals surface area contributed by atoms with Gasteiger partial charge in [-0.25, -0.2) is 18.6 Å². The van der Waals surface area contributed by atoms with E-state index >= 15 is 8.78 Å². The van der Waals surface area contributed by atoms with Crippen molar-refractivity contribution in [3.05, 3.63) is 81.9 Å². The molecule has 0 unspecified atom stereocenters. The molecule has 4 N–H and O–H groups in total. The molecule has 43 heavy (non-hydrogen) atoms. The van der Waals surface area contributed by atoms with Crippen LogP contribution in [0.3, 0.4) is 0 Å². The van der Waals surface area contributed by atoms with Crippen molar-refractivity contribution < 1.29 is 33.3 Å². The van der Waals surface area contributed by atoms with E-state index in [-0.39, 0.29) is 31.9 Å². The van der Waals surface area contributed by atoms with Crippen LogP contribution in [0, 0.1) is 5.92 Å². The van der Waals surface area contributed by atoms with E-state index in [1.54, 1.807) is 42.5 Å². The van der Waals surface area contributed by atoms with Gasteiger partial charge < -0.3 is 30.5 Å². The average Bonchev–Trinajstić information content (AvgIpc) is 2.99. The lowest BCUT2D eigenvalue weighted by Gasteiger charge is -2.46. The largest absolute Gasteiger partial charge is 0.465 e. The molecule has 14 heteroatoms. The van der Waals surface area contributed by atoms with Gasteiger partial charge in [-0.2, -0.15) is 0 Å². The quantitative estimate of drug-likeness (QED) is 0.379. The molecule has 0 aliphatic carbocycles. The summed E-state index contributed by atoms with van der Waals surface area (Å²) in [5, 5.41) is 21.1. The van der Waals surface area contributed by atoms with E-state index in [9.17, 15) is 24.6 Å². The van der Waals surface area contributed by atoms with Gasteiger partial charge in [0.15, 0.2) is 5.69 Å².